The number of thiophene rings is 1. The van der Waals surface area contributed by atoms with E-state index in [1.807, 2.05) is 42.5 Å². The fraction of sp³-hybridized carbons (Fsp3) is 0.118. The monoisotopic (exact) mass is 374 g/mol. The Morgan fingerprint density at radius 1 is 1.21 bits per heavy atom. The fourth-order valence-electron chi connectivity index (χ4n) is 2.21. The minimum atomic E-state index is -1.20. The summed E-state index contributed by atoms with van der Waals surface area (Å²) in [5.74, 6) is -1.44. The molecular formula is C17H12NO3S3-. The number of carbonyl (C=O) groups is 2. The van der Waals surface area contributed by atoms with Crippen molar-refractivity contribution < 1.29 is 14.7 Å². The van der Waals surface area contributed by atoms with E-state index in [1.54, 1.807) is 17.4 Å². The smallest absolute Gasteiger partial charge is 0.266 e. The maximum absolute atomic E-state index is 12.4. The van der Waals surface area contributed by atoms with Crippen LogP contribution in [0.25, 0.3) is 16.5 Å². The van der Waals surface area contributed by atoms with Gasteiger partial charge in [0.25, 0.3) is 5.91 Å². The highest BCUT2D eigenvalue weighted by Crippen LogP contribution is 2.35. The van der Waals surface area contributed by atoms with Crippen molar-refractivity contribution in [1.29, 1.82) is 0 Å². The lowest BCUT2D eigenvalue weighted by molar-refractivity contribution is -0.305. The molecule has 1 saturated heterocycles. The van der Waals surface area contributed by atoms with Crippen molar-refractivity contribution in [2.75, 3.05) is 6.54 Å². The van der Waals surface area contributed by atoms with Gasteiger partial charge in [-0.05, 0) is 23.8 Å². The van der Waals surface area contributed by atoms with Gasteiger partial charge in [-0.2, -0.15) is 0 Å². The molecule has 0 bridgehead atoms. The number of rotatable bonds is 5. The number of carbonyl (C=O) groups excluding carboxylic acids is 2. The molecule has 4 nitrogen and oxygen atoms in total. The summed E-state index contributed by atoms with van der Waals surface area (Å²) in [6.45, 7) is 0.0457. The van der Waals surface area contributed by atoms with Crippen LogP contribution in [0.2, 0.25) is 0 Å². The molecule has 2 heterocycles. The normalized spacial score (nSPS) is 16.2. The largest absolute Gasteiger partial charge is 0.550 e. The topological polar surface area (TPSA) is 60.4 Å². The van der Waals surface area contributed by atoms with Crippen LogP contribution < -0.4 is 5.11 Å². The second kappa shape index (κ2) is 7.29. The molecule has 0 N–H and O–H groups in total. The SMILES string of the molecule is O=C([O-])CCN1C(=O)/C(=C\c2ccc(-c3ccccc3)s2)SC1=S. The Bertz CT molecular complexity index is 827. The molecule has 2 aromatic rings. The first-order chi connectivity index (χ1) is 11.5. The highest BCUT2D eigenvalue weighted by molar-refractivity contribution is 8.26. The summed E-state index contributed by atoms with van der Waals surface area (Å²) >= 11 is 7.95. The number of hydrogen-bond acceptors (Lipinski definition) is 6. The second-order valence-corrected chi connectivity index (χ2v) is 7.81. The van der Waals surface area contributed by atoms with E-state index < -0.39 is 5.97 Å². The van der Waals surface area contributed by atoms with Crippen LogP contribution in [-0.4, -0.2) is 27.6 Å². The quantitative estimate of drug-likeness (QED) is 0.595. The van der Waals surface area contributed by atoms with Crippen LogP contribution in [0.3, 0.4) is 0 Å². The van der Waals surface area contributed by atoms with E-state index in [2.05, 4.69) is 0 Å². The first-order valence-electron chi connectivity index (χ1n) is 7.15. The molecule has 24 heavy (non-hydrogen) atoms. The molecule has 1 aromatic heterocycles. The number of aliphatic carboxylic acids is 1. The molecule has 1 aromatic carbocycles. The highest BCUT2D eigenvalue weighted by atomic mass is 32.2. The van der Waals surface area contributed by atoms with E-state index in [1.165, 1.54) is 16.7 Å². The summed E-state index contributed by atoms with van der Waals surface area (Å²) in [5, 5.41) is 10.6. The lowest BCUT2D eigenvalue weighted by atomic mass is 10.2. The Labute approximate surface area is 152 Å². The molecule has 1 aliphatic heterocycles. The fourth-order valence-corrected chi connectivity index (χ4v) is 4.54. The number of benzene rings is 1. The van der Waals surface area contributed by atoms with Crippen LogP contribution in [0, 0.1) is 0 Å². The number of thiocarbonyl (C=S) groups is 1. The summed E-state index contributed by atoms with van der Waals surface area (Å²) in [4.78, 5) is 26.8. The first kappa shape index (κ1) is 16.9. The highest BCUT2D eigenvalue weighted by Gasteiger charge is 2.31. The summed E-state index contributed by atoms with van der Waals surface area (Å²) < 4.78 is 0.382. The van der Waals surface area contributed by atoms with Gasteiger partial charge in [-0.15, -0.1) is 11.3 Å². The standard InChI is InChI=1S/C17H13NO3S3/c19-15(20)8-9-18-16(21)14(24-17(18)22)10-12-6-7-13(23-12)11-4-2-1-3-5-11/h1-7,10H,8-9H2,(H,19,20)/p-1/b14-10+. The molecule has 0 radical (unpaired) electrons. The van der Waals surface area contributed by atoms with Gasteiger partial charge in [0.2, 0.25) is 0 Å². The molecule has 1 fully saturated rings. The van der Waals surface area contributed by atoms with Crippen LogP contribution in [0.15, 0.2) is 47.4 Å². The van der Waals surface area contributed by atoms with Crippen LogP contribution in [0.5, 0.6) is 0 Å². The van der Waals surface area contributed by atoms with Gasteiger partial charge in [-0.3, -0.25) is 9.69 Å². The lowest BCUT2D eigenvalue weighted by Crippen LogP contribution is -2.33. The first-order valence-corrected chi connectivity index (χ1v) is 9.19. The van der Waals surface area contributed by atoms with Gasteiger partial charge in [0.1, 0.15) is 4.32 Å². The maximum atomic E-state index is 12.4. The zero-order valence-electron chi connectivity index (χ0n) is 12.4. The van der Waals surface area contributed by atoms with E-state index >= 15 is 0 Å². The van der Waals surface area contributed by atoms with E-state index in [4.69, 9.17) is 12.2 Å². The summed E-state index contributed by atoms with van der Waals surface area (Å²) in [5.41, 5.74) is 1.13. The summed E-state index contributed by atoms with van der Waals surface area (Å²) in [6.07, 6.45) is 1.58. The van der Waals surface area contributed by atoms with E-state index in [-0.39, 0.29) is 18.9 Å². The van der Waals surface area contributed by atoms with E-state index in [9.17, 15) is 14.7 Å². The third-order valence-corrected chi connectivity index (χ3v) is 5.83. The van der Waals surface area contributed by atoms with Gasteiger partial charge in [0.15, 0.2) is 0 Å². The van der Waals surface area contributed by atoms with Gasteiger partial charge in [0.05, 0.1) is 4.91 Å². The third-order valence-electron chi connectivity index (χ3n) is 3.37. The predicted octanol–water partition coefficient (Wildman–Crippen LogP) is 2.76. The molecule has 122 valence electrons. The van der Waals surface area contributed by atoms with Crippen LogP contribution in [-0.2, 0) is 9.59 Å². The average molecular weight is 374 g/mol. The van der Waals surface area contributed by atoms with Gasteiger partial charge in [0, 0.05) is 28.7 Å². The zero-order valence-corrected chi connectivity index (χ0v) is 14.9. The molecule has 7 heteroatoms. The van der Waals surface area contributed by atoms with Gasteiger partial charge in [-0.1, -0.05) is 54.3 Å². The maximum Gasteiger partial charge on any atom is 0.266 e. The van der Waals surface area contributed by atoms with Gasteiger partial charge >= 0.3 is 0 Å². The predicted molar refractivity (Wildman–Crippen MR) is 99.3 cm³/mol. The van der Waals surface area contributed by atoms with Crippen molar-refractivity contribution >= 4 is 57.6 Å². The second-order valence-electron chi connectivity index (χ2n) is 5.02. The molecule has 1 aliphatic rings. The van der Waals surface area contributed by atoms with Crippen molar-refractivity contribution in [2.45, 2.75) is 6.42 Å². The molecule has 0 aliphatic carbocycles. The molecule has 0 atom stereocenters. The molecule has 0 unspecified atom stereocenters. The van der Waals surface area contributed by atoms with Crippen LogP contribution >= 0.6 is 35.3 Å². The van der Waals surface area contributed by atoms with Crippen molar-refractivity contribution in [2.24, 2.45) is 0 Å². The molecule has 3 rings (SSSR count). The van der Waals surface area contributed by atoms with E-state index in [0.29, 0.717) is 9.23 Å². The van der Waals surface area contributed by atoms with Crippen molar-refractivity contribution in [1.82, 2.24) is 4.90 Å². The van der Waals surface area contributed by atoms with E-state index in [0.717, 1.165) is 15.3 Å². The number of carboxylic acid groups (broad SMARTS) is 1. The zero-order chi connectivity index (χ0) is 17.1. The average Bonchev–Trinajstić information content (AvgIpc) is 3.13. The summed E-state index contributed by atoms with van der Waals surface area (Å²) in [7, 11) is 0. The minimum Gasteiger partial charge on any atom is -0.550 e. The Balaban J connectivity index is 1.77. The number of thioether (sulfide) groups is 1. The molecular weight excluding hydrogens is 362 g/mol. The Morgan fingerprint density at radius 2 is 1.96 bits per heavy atom. The lowest BCUT2D eigenvalue weighted by Gasteiger charge is -2.14. The molecule has 1 amide bonds. The van der Waals surface area contributed by atoms with Crippen molar-refractivity contribution in [3.8, 4) is 10.4 Å². The Hall–Kier alpha value is -1.96. The van der Waals surface area contributed by atoms with Crippen LogP contribution in [0.4, 0.5) is 0 Å². The Morgan fingerprint density at radius 3 is 2.67 bits per heavy atom. The number of amides is 1. The van der Waals surface area contributed by atoms with Crippen molar-refractivity contribution in [3.05, 3.63) is 52.2 Å². The van der Waals surface area contributed by atoms with Crippen LogP contribution in [0.1, 0.15) is 11.3 Å². The minimum absolute atomic E-state index is 0.0457. The van der Waals surface area contributed by atoms with Gasteiger partial charge in [-0.25, -0.2) is 0 Å². The third kappa shape index (κ3) is 3.75. The Kier molecular flexibility index (Phi) is 5.13. The van der Waals surface area contributed by atoms with Crippen molar-refractivity contribution in [3.63, 3.8) is 0 Å². The molecule has 0 spiro atoms. The molecule has 0 saturated carbocycles. The summed E-state index contributed by atoms with van der Waals surface area (Å²) in [6, 6.07) is 14.0. The number of carboxylic acids is 1. The number of hydrogen-bond donors (Lipinski definition) is 0. The number of nitrogens with zero attached hydrogens (tertiary/aromatic N) is 1. The van der Waals surface area contributed by atoms with Gasteiger partial charge < -0.3 is 9.90 Å².